The minimum absolute atomic E-state index is 0.189. The van der Waals surface area contributed by atoms with Gasteiger partial charge in [-0.1, -0.05) is 18.2 Å². The Balaban J connectivity index is 1.56. The molecule has 1 fully saturated rings. The first-order valence-corrected chi connectivity index (χ1v) is 8.10. The second kappa shape index (κ2) is 7.40. The molecule has 0 spiro atoms. The molecule has 1 aliphatic rings. The third kappa shape index (κ3) is 3.71. The van der Waals surface area contributed by atoms with Crippen molar-refractivity contribution in [1.29, 1.82) is 0 Å². The number of anilines is 2. The summed E-state index contributed by atoms with van der Waals surface area (Å²) in [4.78, 5) is 21.0. The first-order chi connectivity index (χ1) is 11.6. The van der Waals surface area contributed by atoms with E-state index in [4.69, 9.17) is 0 Å². The number of nitrogens with zero attached hydrogens (tertiary/aromatic N) is 3. The fourth-order valence-corrected chi connectivity index (χ4v) is 2.84. The lowest BCUT2D eigenvalue weighted by Crippen LogP contribution is -2.53. The average molecular weight is 328 g/mol. The molecule has 24 heavy (non-hydrogen) atoms. The van der Waals surface area contributed by atoms with E-state index in [1.807, 2.05) is 25.1 Å². The van der Waals surface area contributed by atoms with Crippen LogP contribution in [-0.4, -0.2) is 48.0 Å². The number of rotatable bonds is 4. The van der Waals surface area contributed by atoms with Crippen LogP contribution in [-0.2, 0) is 4.79 Å². The molecule has 0 radical (unpaired) electrons. The van der Waals surface area contributed by atoms with Gasteiger partial charge in [0, 0.05) is 32.4 Å². The van der Waals surface area contributed by atoms with Gasteiger partial charge in [-0.3, -0.25) is 9.69 Å². The van der Waals surface area contributed by atoms with Crippen LogP contribution < -0.4 is 10.2 Å². The van der Waals surface area contributed by atoms with Crippen LogP contribution in [0.25, 0.3) is 0 Å². The fraction of sp³-hybridized carbons (Fsp3) is 0.333. The van der Waals surface area contributed by atoms with Crippen LogP contribution in [0.3, 0.4) is 0 Å². The lowest BCUT2D eigenvalue weighted by molar-refractivity contribution is -0.120. The number of hydrogen-bond acceptors (Lipinski definition) is 4. The van der Waals surface area contributed by atoms with Crippen molar-refractivity contribution in [2.75, 3.05) is 36.4 Å². The Labute approximate surface area is 141 Å². The Morgan fingerprint density at radius 2 is 1.83 bits per heavy atom. The number of amides is 1. The Kier molecular flexibility index (Phi) is 5.05. The maximum absolute atomic E-state index is 13.7. The van der Waals surface area contributed by atoms with E-state index in [0.717, 1.165) is 32.0 Å². The van der Waals surface area contributed by atoms with Crippen molar-refractivity contribution in [2.45, 2.75) is 13.0 Å². The molecule has 3 rings (SSSR count). The predicted octanol–water partition coefficient (Wildman–Crippen LogP) is 2.37. The Morgan fingerprint density at radius 1 is 1.12 bits per heavy atom. The number of carbonyl (C=O) groups excluding carboxylic acids is 1. The fourth-order valence-electron chi connectivity index (χ4n) is 2.84. The van der Waals surface area contributed by atoms with Gasteiger partial charge in [-0.25, -0.2) is 9.37 Å². The first-order valence-electron chi connectivity index (χ1n) is 8.10. The topological polar surface area (TPSA) is 48.5 Å². The highest BCUT2D eigenvalue weighted by atomic mass is 19.1. The Morgan fingerprint density at radius 3 is 2.50 bits per heavy atom. The van der Waals surface area contributed by atoms with Crippen molar-refractivity contribution >= 4 is 17.4 Å². The van der Waals surface area contributed by atoms with Crippen molar-refractivity contribution in [3.63, 3.8) is 0 Å². The molecule has 1 N–H and O–H groups in total. The smallest absolute Gasteiger partial charge is 0.241 e. The van der Waals surface area contributed by atoms with E-state index in [1.54, 1.807) is 24.4 Å². The van der Waals surface area contributed by atoms with E-state index in [2.05, 4.69) is 20.1 Å². The molecule has 6 heteroatoms. The quantitative estimate of drug-likeness (QED) is 0.936. The Hall–Kier alpha value is -2.47. The summed E-state index contributed by atoms with van der Waals surface area (Å²) in [5.74, 6) is 0.352. The molecular weight excluding hydrogens is 307 g/mol. The summed E-state index contributed by atoms with van der Waals surface area (Å²) in [6.45, 7) is 5.01. The molecular formula is C18H21FN4O. The van der Waals surface area contributed by atoms with E-state index >= 15 is 0 Å². The van der Waals surface area contributed by atoms with Crippen molar-refractivity contribution in [1.82, 2.24) is 9.88 Å². The summed E-state index contributed by atoms with van der Waals surface area (Å²) in [7, 11) is 0. The standard InChI is InChI=1S/C18H21FN4O/c1-14(18(24)21-16-7-3-2-6-15(16)19)22-10-12-23(13-11-22)17-8-4-5-9-20-17/h2-9,14H,10-13H2,1H3,(H,21,24)/t14-/m1/s1. The summed E-state index contributed by atoms with van der Waals surface area (Å²) in [6, 6.07) is 11.8. The second-order valence-corrected chi connectivity index (χ2v) is 5.86. The van der Waals surface area contributed by atoms with Gasteiger partial charge in [0.2, 0.25) is 5.91 Å². The lowest BCUT2D eigenvalue weighted by atomic mass is 10.2. The number of benzene rings is 1. The summed E-state index contributed by atoms with van der Waals surface area (Å²) in [6.07, 6.45) is 1.78. The normalized spacial score (nSPS) is 16.7. The number of hydrogen-bond donors (Lipinski definition) is 1. The van der Waals surface area contributed by atoms with Crippen LogP contribution in [0.15, 0.2) is 48.7 Å². The molecule has 0 aliphatic carbocycles. The van der Waals surface area contributed by atoms with Crippen LogP contribution in [0.2, 0.25) is 0 Å². The van der Waals surface area contributed by atoms with Gasteiger partial charge in [0.15, 0.2) is 0 Å². The molecule has 1 atom stereocenters. The number of nitrogens with one attached hydrogen (secondary N) is 1. The average Bonchev–Trinajstić information content (AvgIpc) is 2.64. The molecule has 5 nitrogen and oxygen atoms in total. The second-order valence-electron chi connectivity index (χ2n) is 5.86. The number of pyridine rings is 1. The van der Waals surface area contributed by atoms with Crippen LogP contribution in [0, 0.1) is 5.82 Å². The van der Waals surface area contributed by atoms with Crippen molar-refractivity contribution in [3.8, 4) is 0 Å². The summed E-state index contributed by atoms with van der Waals surface area (Å²) >= 11 is 0. The van der Waals surface area contributed by atoms with Crippen LogP contribution in [0.4, 0.5) is 15.9 Å². The molecule has 126 valence electrons. The van der Waals surface area contributed by atoms with Gasteiger partial charge in [0.25, 0.3) is 0 Å². The number of halogens is 1. The van der Waals surface area contributed by atoms with Gasteiger partial charge in [-0.15, -0.1) is 0 Å². The molecule has 0 bridgehead atoms. The van der Waals surface area contributed by atoms with E-state index in [9.17, 15) is 9.18 Å². The maximum atomic E-state index is 13.7. The molecule has 1 amide bonds. The van der Waals surface area contributed by atoms with Gasteiger partial charge in [-0.2, -0.15) is 0 Å². The van der Waals surface area contributed by atoms with E-state index < -0.39 is 5.82 Å². The van der Waals surface area contributed by atoms with E-state index in [1.165, 1.54) is 6.07 Å². The maximum Gasteiger partial charge on any atom is 0.241 e. The number of carbonyl (C=O) groups is 1. The molecule has 0 saturated carbocycles. The number of para-hydroxylation sites is 1. The highest BCUT2D eigenvalue weighted by molar-refractivity contribution is 5.94. The van der Waals surface area contributed by atoms with Gasteiger partial charge >= 0.3 is 0 Å². The van der Waals surface area contributed by atoms with Crippen LogP contribution >= 0.6 is 0 Å². The monoisotopic (exact) mass is 328 g/mol. The zero-order chi connectivity index (χ0) is 16.9. The highest BCUT2D eigenvalue weighted by Gasteiger charge is 2.26. The molecule has 1 aromatic heterocycles. The van der Waals surface area contributed by atoms with Crippen LogP contribution in [0.1, 0.15) is 6.92 Å². The molecule has 1 aliphatic heterocycles. The summed E-state index contributed by atoms with van der Waals surface area (Å²) in [5.41, 5.74) is 0.224. The SMILES string of the molecule is C[C@H](C(=O)Nc1ccccc1F)N1CCN(c2ccccn2)CC1. The Bertz CT molecular complexity index is 686. The van der Waals surface area contributed by atoms with Gasteiger partial charge < -0.3 is 10.2 Å². The third-order valence-electron chi connectivity index (χ3n) is 4.35. The molecule has 2 aromatic rings. The van der Waals surface area contributed by atoms with E-state index in [0.29, 0.717) is 0 Å². The van der Waals surface area contributed by atoms with Crippen molar-refractivity contribution < 1.29 is 9.18 Å². The zero-order valence-corrected chi connectivity index (χ0v) is 13.7. The number of piperazine rings is 1. The van der Waals surface area contributed by atoms with Crippen molar-refractivity contribution in [3.05, 3.63) is 54.5 Å². The molecule has 1 aromatic carbocycles. The predicted molar refractivity (Wildman–Crippen MR) is 92.5 cm³/mol. The summed E-state index contributed by atoms with van der Waals surface area (Å²) < 4.78 is 13.7. The molecule has 2 heterocycles. The first kappa shape index (κ1) is 16.4. The van der Waals surface area contributed by atoms with Gasteiger partial charge in [0.05, 0.1) is 11.7 Å². The minimum atomic E-state index is -0.418. The van der Waals surface area contributed by atoms with Crippen molar-refractivity contribution in [2.24, 2.45) is 0 Å². The number of aromatic nitrogens is 1. The molecule has 1 saturated heterocycles. The minimum Gasteiger partial charge on any atom is -0.354 e. The van der Waals surface area contributed by atoms with E-state index in [-0.39, 0.29) is 17.6 Å². The zero-order valence-electron chi connectivity index (χ0n) is 13.7. The lowest BCUT2D eigenvalue weighted by Gasteiger charge is -2.37. The van der Waals surface area contributed by atoms with Crippen LogP contribution in [0.5, 0.6) is 0 Å². The highest BCUT2D eigenvalue weighted by Crippen LogP contribution is 2.16. The molecule has 0 unspecified atom stereocenters. The third-order valence-corrected chi connectivity index (χ3v) is 4.35. The van der Waals surface area contributed by atoms with Gasteiger partial charge in [0.1, 0.15) is 11.6 Å². The van der Waals surface area contributed by atoms with Gasteiger partial charge in [-0.05, 0) is 31.2 Å². The largest absolute Gasteiger partial charge is 0.354 e. The summed E-state index contributed by atoms with van der Waals surface area (Å²) in [5, 5.41) is 2.67.